The minimum Gasteiger partial charge on any atom is -0.297 e. The largest absolute Gasteiger partial charge is 0.297 e. The normalized spacial score (nSPS) is 29.3. The summed E-state index contributed by atoms with van der Waals surface area (Å²) in [5, 5.41) is 13.2. The zero-order chi connectivity index (χ0) is 14.9. The Morgan fingerprint density at radius 1 is 1.29 bits per heavy atom. The van der Waals surface area contributed by atoms with E-state index in [4.69, 9.17) is 0 Å². The first-order valence-corrected chi connectivity index (χ1v) is 8.12. The predicted molar refractivity (Wildman–Crippen MR) is 84.6 cm³/mol. The molecule has 21 heavy (non-hydrogen) atoms. The molecule has 1 saturated carbocycles. The average Bonchev–Trinajstić information content (AvgIpc) is 2.91. The second kappa shape index (κ2) is 5.79. The zero-order valence-electron chi connectivity index (χ0n) is 13.1. The van der Waals surface area contributed by atoms with E-state index in [1.807, 2.05) is 0 Å². The maximum absolute atomic E-state index is 9.69. The molecule has 0 bridgehead atoms. The minimum absolute atomic E-state index is 0.328. The Labute approximate surface area is 128 Å². The number of nitrogens with one attached hydrogen (secondary N) is 1. The molecule has 1 N–H and O–H groups in total. The van der Waals surface area contributed by atoms with Gasteiger partial charge < -0.3 is 0 Å². The van der Waals surface area contributed by atoms with Gasteiger partial charge in [-0.05, 0) is 50.7 Å². The van der Waals surface area contributed by atoms with Crippen molar-refractivity contribution in [3.8, 4) is 6.07 Å². The van der Waals surface area contributed by atoms with Crippen molar-refractivity contribution < 1.29 is 0 Å². The third-order valence-electron chi connectivity index (χ3n) is 4.89. The number of nitriles is 1. The monoisotopic (exact) mass is 283 g/mol. The second-order valence-electron chi connectivity index (χ2n) is 6.92. The highest BCUT2D eigenvalue weighted by molar-refractivity contribution is 5.30. The van der Waals surface area contributed by atoms with Gasteiger partial charge in [0.15, 0.2) is 0 Å². The van der Waals surface area contributed by atoms with E-state index in [-0.39, 0.29) is 5.54 Å². The molecule has 1 aliphatic heterocycles. The zero-order valence-corrected chi connectivity index (χ0v) is 13.1. The Morgan fingerprint density at radius 2 is 1.95 bits per heavy atom. The van der Waals surface area contributed by atoms with Gasteiger partial charge in [-0.1, -0.05) is 24.3 Å². The Kier molecular flexibility index (Phi) is 4.01. The summed E-state index contributed by atoms with van der Waals surface area (Å²) >= 11 is 0. The van der Waals surface area contributed by atoms with Gasteiger partial charge >= 0.3 is 0 Å². The number of benzene rings is 1. The highest BCUT2D eigenvalue weighted by atomic mass is 15.2. The van der Waals surface area contributed by atoms with Gasteiger partial charge in [0.1, 0.15) is 5.54 Å². The van der Waals surface area contributed by atoms with Crippen LogP contribution in [0.4, 0.5) is 0 Å². The molecule has 1 heterocycles. The molecule has 0 aromatic heterocycles. The van der Waals surface area contributed by atoms with E-state index < -0.39 is 0 Å². The Balaban J connectivity index is 1.72. The van der Waals surface area contributed by atoms with Crippen LogP contribution in [0.15, 0.2) is 24.3 Å². The van der Waals surface area contributed by atoms with Gasteiger partial charge in [0.05, 0.1) is 6.07 Å². The summed E-state index contributed by atoms with van der Waals surface area (Å²) in [5.41, 5.74) is 2.59. The minimum atomic E-state index is -0.328. The SMILES string of the molecule is CC(C)NC1(C#N)CCCC(N2Cc3ccccc3C2)C1. The lowest BCUT2D eigenvalue weighted by Crippen LogP contribution is -2.54. The lowest BCUT2D eigenvalue weighted by molar-refractivity contribution is 0.115. The van der Waals surface area contributed by atoms with Crippen molar-refractivity contribution in [3.63, 3.8) is 0 Å². The topological polar surface area (TPSA) is 39.1 Å². The van der Waals surface area contributed by atoms with Crippen molar-refractivity contribution in [2.75, 3.05) is 0 Å². The van der Waals surface area contributed by atoms with E-state index in [2.05, 4.69) is 54.4 Å². The number of hydrogen-bond donors (Lipinski definition) is 1. The van der Waals surface area contributed by atoms with E-state index in [0.29, 0.717) is 12.1 Å². The second-order valence-corrected chi connectivity index (χ2v) is 6.92. The van der Waals surface area contributed by atoms with E-state index in [0.717, 1.165) is 32.4 Å². The summed E-state index contributed by atoms with van der Waals surface area (Å²) in [6, 6.07) is 12.2. The Morgan fingerprint density at radius 3 is 2.52 bits per heavy atom. The molecule has 1 fully saturated rings. The fraction of sp³-hybridized carbons (Fsp3) is 0.611. The van der Waals surface area contributed by atoms with Crippen molar-refractivity contribution in [1.29, 1.82) is 5.26 Å². The van der Waals surface area contributed by atoms with Gasteiger partial charge in [-0.15, -0.1) is 0 Å². The number of hydrogen-bond acceptors (Lipinski definition) is 3. The molecule has 0 spiro atoms. The summed E-state index contributed by atoms with van der Waals surface area (Å²) in [7, 11) is 0. The lowest BCUT2D eigenvalue weighted by Gasteiger charge is -2.41. The number of nitrogens with zero attached hydrogens (tertiary/aromatic N) is 2. The molecule has 2 atom stereocenters. The fourth-order valence-electron chi connectivity index (χ4n) is 3.99. The smallest absolute Gasteiger partial charge is 0.108 e. The van der Waals surface area contributed by atoms with E-state index in [9.17, 15) is 5.26 Å². The molecule has 0 saturated heterocycles. The van der Waals surface area contributed by atoms with Crippen LogP contribution in [0.3, 0.4) is 0 Å². The van der Waals surface area contributed by atoms with Crippen LogP contribution >= 0.6 is 0 Å². The number of rotatable bonds is 3. The van der Waals surface area contributed by atoms with Gasteiger partial charge in [0.25, 0.3) is 0 Å². The Hall–Kier alpha value is -1.37. The highest BCUT2D eigenvalue weighted by Gasteiger charge is 2.39. The summed E-state index contributed by atoms with van der Waals surface area (Å²) in [4.78, 5) is 2.57. The first-order valence-electron chi connectivity index (χ1n) is 8.12. The van der Waals surface area contributed by atoms with E-state index in [1.165, 1.54) is 17.5 Å². The number of fused-ring (bicyclic) bond motifs is 1. The Bertz CT molecular complexity index is 521. The summed E-state index contributed by atoms with van der Waals surface area (Å²) < 4.78 is 0. The quantitative estimate of drug-likeness (QED) is 0.926. The van der Waals surface area contributed by atoms with Crippen LogP contribution in [-0.2, 0) is 13.1 Å². The highest BCUT2D eigenvalue weighted by Crippen LogP contribution is 2.35. The summed E-state index contributed by atoms with van der Waals surface area (Å²) in [5.74, 6) is 0. The van der Waals surface area contributed by atoms with Crippen molar-refractivity contribution in [3.05, 3.63) is 35.4 Å². The van der Waals surface area contributed by atoms with Crippen molar-refractivity contribution in [2.45, 2.75) is 70.2 Å². The molecule has 0 amide bonds. The third kappa shape index (κ3) is 2.97. The molecule has 1 aromatic rings. The maximum Gasteiger partial charge on any atom is 0.108 e. The molecule has 2 aliphatic rings. The molecule has 2 unspecified atom stereocenters. The van der Waals surface area contributed by atoms with Crippen LogP contribution < -0.4 is 5.32 Å². The van der Waals surface area contributed by atoms with Crippen molar-refractivity contribution in [2.24, 2.45) is 0 Å². The standard InChI is InChI=1S/C18H25N3/c1-14(2)20-18(13-19)9-5-8-17(10-18)21-11-15-6-3-4-7-16(15)12-21/h3-4,6-7,14,17,20H,5,8-12H2,1-2H3. The first kappa shape index (κ1) is 14.6. The molecule has 3 heteroatoms. The van der Waals surface area contributed by atoms with E-state index >= 15 is 0 Å². The molecular weight excluding hydrogens is 258 g/mol. The molecular formula is C18H25N3. The van der Waals surface area contributed by atoms with Crippen molar-refractivity contribution >= 4 is 0 Å². The fourth-order valence-corrected chi connectivity index (χ4v) is 3.99. The molecule has 1 aromatic carbocycles. The van der Waals surface area contributed by atoms with Gasteiger partial charge in [0, 0.05) is 25.2 Å². The average molecular weight is 283 g/mol. The molecule has 3 rings (SSSR count). The van der Waals surface area contributed by atoms with Gasteiger partial charge in [-0.25, -0.2) is 0 Å². The first-order chi connectivity index (χ1) is 10.1. The van der Waals surface area contributed by atoms with Gasteiger partial charge in [-0.3, -0.25) is 10.2 Å². The van der Waals surface area contributed by atoms with Crippen LogP contribution in [0, 0.1) is 11.3 Å². The van der Waals surface area contributed by atoms with Gasteiger partial charge in [0.2, 0.25) is 0 Å². The molecule has 112 valence electrons. The molecule has 0 radical (unpaired) electrons. The molecule has 3 nitrogen and oxygen atoms in total. The lowest BCUT2D eigenvalue weighted by atomic mass is 9.79. The van der Waals surface area contributed by atoms with Crippen LogP contribution in [0.2, 0.25) is 0 Å². The van der Waals surface area contributed by atoms with Crippen LogP contribution in [0.1, 0.15) is 50.7 Å². The van der Waals surface area contributed by atoms with Gasteiger partial charge in [-0.2, -0.15) is 5.26 Å². The maximum atomic E-state index is 9.69. The van der Waals surface area contributed by atoms with Crippen molar-refractivity contribution in [1.82, 2.24) is 10.2 Å². The molecule has 1 aliphatic carbocycles. The van der Waals surface area contributed by atoms with Crippen LogP contribution in [-0.4, -0.2) is 22.5 Å². The summed E-state index contributed by atoms with van der Waals surface area (Å²) in [6.45, 7) is 6.36. The summed E-state index contributed by atoms with van der Waals surface area (Å²) in [6.07, 6.45) is 4.30. The van der Waals surface area contributed by atoms with Crippen LogP contribution in [0.25, 0.3) is 0 Å². The predicted octanol–water partition coefficient (Wildman–Crippen LogP) is 3.21. The van der Waals surface area contributed by atoms with E-state index in [1.54, 1.807) is 0 Å². The third-order valence-corrected chi connectivity index (χ3v) is 4.89. The van der Waals surface area contributed by atoms with Crippen LogP contribution in [0.5, 0.6) is 0 Å².